The molecule has 8 heteroatoms. The van der Waals surface area contributed by atoms with E-state index in [1.54, 1.807) is 6.20 Å². The number of carbonyl (C=O) groups excluding carboxylic acids is 1. The molecule has 5 rings (SSSR count). The van der Waals surface area contributed by atoms with Gasteiger partial charge in [-0.2, -0.15) is 0 Å². The van der Waals surface area contributed by atoms with Crippen molar-refractivity contribution in [2.45, 2.75) is 13.0 Å². The second-order valence-corrected chi connectivity index (χ2v) is 8.25. The summed E-state index contributed by atoms with van der Waals surface area (Å²) in [6.07, 6.45) is 3.56. The number of amides is 1. The minimum atomic E-state index is -0.0283. The molecule has 3 aromatic rings. The normalized spacial score (nSPS) is 18.8. The van der Waals surface area contributed by atoms with Crippen molar-refractivity contribution in [1.82, 2.24) is 19.9 Å². The summed E-state index contributed by atoms with van der Waals surface area (Å²) in [6.45, 7) is 5.03. The van der Waals surface area contributed by atoms with Crippen molar-refractivity contribution in [2.75, 3.05) is 31.6 Å². The predicted molar refractivity (Wildman–Crippen MR) is 103 cm³/mol. The Balaban J connectivity index is 1.42. The molecule has 1 N–H and O–H groups in total. The molecule has 27 heavy (non-hydrogen) atoms. The van der Waals surface area contributed by atoms with Crippen molar-refractivity contribution in [2.24, 2.45) is 5.41 Å². The third-order valence-electron chi connectivity index (χ3n) is 5.19. The van der Waals surface area contributed by atoms with E-state index in [0.717, 1.165) is 42.1 Å². The minimum Gasteiger partial charge on any atom is -0.380 e. The van der Waals surface area contributed by atoms with E-state index in [4.69, 9.17) is 4.74 Å². The van der Waals surface area contributed by atoms with Crippen LogP contribution in [0.25, 0.3) is 10.2 Å². The van der Waals surface area contributed by atoms with Gasteiger partial charge < -0.3 is 15.0 Å². The number of rotatable bonds is 4. The molecular weight excluding hydrogens is 362 g/mol. The van der Waals surface area contributed by atoms with Crippen molar-refractivity contribution < 1.29 is 9.53 Å². The molecule has 0 bridgehead atoms. The van der Waals surface area contributed by atoms with E-state index in [1.807, 2.05) is 41.6 Å². The van der Waals surface area contributed by atoms with E-state index >= 15 is 0 Å². The fraction of sp³-hybridized carbons (Fsp3) is 0.368. The molecule has 1 amide bonds. The Hall–Kier alpha value is -2.58. The van der Waals surface area contributed by atoms with Gasteiger partial charge in [0, 0.05) is 25.5 Å². The maximum atomic E-state index is 13.0. The fourth-order valence-electron chi connectivity index (χ4n) is 3.61. The zero-order valence-electron chi connectivity index (χ0n) is 14.9. The number of nitrogens with zero attached hydrogens (tertiary/aromatic N) is 4. The minimum absolute atomic E-state index is 0.0165. The Kier molecular flexibility index (Phi) is 3.84. The number of fused-ring (bicyclic) bond motifs is 1. The third-order valence-corrected chi connectivity index (χ3v) is 6.10. The molecule has 0 aromatic carbocycles. The number of hydrogen-bond donors (Lipinski definition) is 1. The van der Waals surface area contributed by atoms with Crippen LogP contribution in [0.2, 0.25) is 0 Å². The van der Waals surface area contributed by atoms with Crippen LogP contribution in [-0.2, 0) is 4.74 Å². The Bertz CT molecular complexity index is 994. The number of carbonyl (C=O) groups is 1. The lowest BCUT2D eigenvalue weighted by molar-refractivity contribution is -0.176. The highest BCUT2D eigenvalue weighted by Gasteiger charge is 2.51. The van der Waals surface area contributed by atoms with E-state index in [-0.39, 0.29) is 17.4 Å². The van der Waals surface area contributed by atoms with Gasteiger partial charge >= 0.3 is 0 Å². The number of thiophene rings is 1. The van der Waals surface area contributed by atoms with Crippen LogP contribution in [-0.4, -0.2) is 52.1 Å². The van der Waals surface area contributed by atoms with E-state index < -0.39 is 0 Å². The molecule has 2 aliphatic heterocycles. The molecule has 0 aliphatic carbocycles. The second-order valence-electron chi connectivity index (χ2n) is 7.34. The third kappa shape index (κ3) is 2.85. The van der Waals surface area contributed by atoms with E-state index in [1.165, 1.54) is 11.3 Å². The SMILES string of the molecule is CC(Nc1nc(C(=O)N2CC3(COC3)C2)c2sccc2n1)c1cccnc1. The van der Waals surface area contributed by atoms with Crippen molar-refractivity contribution in [1.29, 1.82) is 0 Å². The van der Waals surface area contributed by atoms with E-state index in [2.05, 4.69) is 20.3 Å². The van der Waals surface area contributed by atoms with Gasteiger partial charge in [-0.3, -0.25) is 9.78 Å². The van der Waals surface area contributed by atoms with Crippen molar-refractivity contribution in [3.05, 3.63) is 47.2 Å². The van der Waals surface area contributed by atoms with Crippen LogP contribution in [0, 0.1) is 5.41 Å². The van der Waals surface area contributed by atoms with Gasteiger partial charge in [-0.05, 0) is 30.0 Å². The fourth-order valence-corrected chi connectivity index (χ4v) is 4.42. The molecule has 5 heterocycles. The Morgan fingerprint density at radius 2 is 2.19 bits per heavy atom. The molecular formula is C19H19N5O2S. The number of likely N-dealkylation sites (tertiary alicyclic amines) is 1. The lowest BCUT2D eigenvalue weighted by atomic mass is 9.78. The quantitative estimate of drug-likeness (QED) is 0.749. The van der Waals surface area contributed by atoms with E-state index in [0.29, 0.717) is 11.6 Å². The average molecular weight is 381 g/mol. The van der Waals surface area contributed by atoms with Crippen molar-refractivity contribution in [3.8, 4) is 0 Å². The Morgan fingerprint density at radius 3 is 2.89 bits per heavy atom. The number of ether oxygens (including phenoxy) is 1. The Labute approximate surface area is 160 Å². The molecule has 0 radical (unpaired) electrons. The summed E-state index contributed by atoms with van der Waals surface area (Å²) >= 11 is 1.50. The van der Waals surface area contributed by atoms with E-state index in [9.17, 15) is 4.79 Å². The molecule has 3 aromatic heterocycles. The van der Waals surface area contributed by atoms with Gasteiger partial charge in [-0.1, -0.05) is 6.07 Å². The maximum Gasteiger partial charge on any atom is 0.274 e. The zero-order valence-corrected chi connectivity index (χ0v) is 15.7. The highest BCUT2D eigenvalue weighted by molar-refractivity contribution is 7.17. The van der Waals surface area contributed by atoms with Gasteiger partial charge in [-0.15, -0.1) is 11.3 Å². The molecule has 7 nitrogen and oxygen atoms in total. The lowest BCUT2D eigenvalue weighted by Crippen LogP contribution is -2.67. The first-order chi connectivity index (χ1) is 13.1. The molecule has 1 spiro atoms. The standard InChI is InChI=1S/C19H19N5O2S/c1-12(13-3-2-5-20-7-13)21-18-22-14-4-6-27-16(14)15(23-18)17(25)24-8-19(9-24)10-26-11-19/h2-7,12H,8-11H2,1H3,(H,21,22,23). The lowest BCUT2D eigenvalue weighted by Gasteiger charge is -2.54. The van der Waals surface area contributed by atoms with Crippen molar-refractivity contribution >= 4 is 33.4 Å². The molecule has 0 saturated carbocycles. The molecule has 138 valence electrons. The first kappa shape index (κ1) is 16.6. The summed E-state index contributed by atoms with van der Waals surface area (Å²) < 4.78 is 6.14. The number of aromatic nitrogens is 3. The van der Waals surface area contributed by atoms with Crippen LogP contribution in [0.15, 0.2) is 36.0 Å². The van der Waals surface area contributed by atoms with Gasteiger partial charge in [0.1, 0.15) is 0 Å². The first-order valence-electron chi connectivity index (χ1n) is 8.92. The van der Waals surface area contributed by atoms with Crippen LogP contribution in [0.3, 0.4) is 0 Å². The smallest absolute Gasteiger partial charge is 0.274 e. The molecule has 2 aliphatic rings. The van der Waals surface area contributed by atoms with Crippen LogP contribution in [0.5, 0.6) is 0 Å². The second kappa shape index (κ2) is 6.24. The van der Waals surface area contributed by atoms with Crippen LogP contribution in [0.1, 0.15) is 29.0 Å². The van der Waals surface area contributed by atoms with Gasteiger partial charge in [-0.25, -0.2) is 9.97 Å². The summed E-state index contributed by atoms with van der Waals surface area (Å²) in [5.74, 6) is 0.433. The Morgan fingerprint density at radius 1 is 1.33 bits per heavy atom. The summed E-state index contributed by atoms with van der Waals surface area (Å²) in [4.78, 5) is 28.2. The molecule has 2 fully saturated rings. The average Bonchev–Trinajstić information content (AvgIpc) is 3.07. The highest BCUT2D eigenvalue weighted by Crippen LogP contribution is 2.39. The summed E-state index contributed by atoms with van der Waals surface area (Å²) in [5.41, 5.74) is 2.49. The van der Waals surface area contributed by atoms with Gasteiger partial charge in [0.05, 0.1) is 34.9 Å². The largest absolute Gasteiger partial charge is 0.380 e. The first-order valence-corrected chi connectivity index (χ1v) is 9.80. The molecule has 1 unspecified atom stereocenters. The number of pyridine rings is 1. The van der Waals surface area contributed by atoms with Gasteiger partial charge in [0.15, 0.2) is 5.69 Å². The molecule has 2 saturated heterocycles. The predicted octanol–water partition coefficient (Wildman–Crippen LogP) is 2.73. The zero-order chi connectivity index (χ0) is 18.4. The van der Waals surface area contributed by atoms with Gasteiger partial charge in [0.2, 0.25) is 5.95 Å². The molecule has 1 atom stereocenters. The number of hydrogen-bond acceptors (Lipinski definition) is 7. The van der Waals surface area contributed by atoms with Crippen molar-refractivity contribution in [3.63, 3.8) is 0 Å². The van der Waals surface area contributed by atoms with Crippen LogP contribution in [0.4, 0.5) is 5.95 Å². The summed E-state index contributed by atoms with van der Waals surface area (Å²) in [5, 5.41) is 5.25. The monoisotopic (exact) mass is 381 g/mol. The van der Waals surface area contributed by atoms with Gasteiger partial charge in [0.25, 0.3) is 5.91 Å². The van der Waals surface area contributed by atoms with Crippen LogP contribution < -0.4 is 5.32 Å². The number of nitrogens with one attached hydrogen (secondary N) is 1. The summed E-state index contributed by atoms with van der Waals surface area (Å²) in [6, 6.07) is 5.81. The number of anilines is 1. The maximum absolute atomic E-state index is 13.0. The van der Waals surface area contributed by atoms with Crippen LogP contribution >= 0.6 is 11.3 Å². The topological polar surface area (TPSA) is 80.2 Å². The highest BCUT2D eigenvalue weighted by atomic mass is 32.1. The summed E-state index contributed by atoms with van der Waals surface area (Å²) in [7, 11) is 0.